The summed E-state index contributed by atoms with van der Waals surface area (Å²) in [5.41, 5.74) is 8.89. The zero-order valence-corrected chi connectivity index (χ0v) is 11.6. The van der Waals surface area contributed by atoms with E-state index in [0.717, 1.165) is 22.3 Å². The van der Waals surface area contributed by atoms with Crippen LogP contribution in [-0.2, 0) is 0 Å². The number of H-pyrrole nitrogens is 1. The van der Waals surface area contributed by atoms with Crippen molar-refractivity contribution >= 4 is 22.6 Å². The summed E-state index contributed by atoms with van der Waals surface area (Å²) in [6.07, 6.45) is 3.46. The topological polar surface area (TPSA) is 83.8 Å². The molecule has 21 heavy (non-hydrogen) atoms. The number of aromatic amines is 1. The average Bonchev–Trinajstić information content (AvgIpc) is 2.97. The molecule has 0 aliphatic carbocycles. The molecule has 1 aromatic carbocycles. The summed E-state index contributed by atoms with van der Waals surface area (Å²) >= 11 is 0. The fraction of sp³-hybridized carbons (Fsp3) is 0.125. The molecule has 3 aromatic rings. The van der Waals surface area contributed by atoms with Crippen LogP contribution in [0.4, 0.5) is 5.69 Å². The lowest BCUT2D eigenvalue weighted by Crippen LogP contribution is -2.12. The largest absolute Gasteiger partial charge is 0.346 e. The molecule has 1 amide bonds. The number of rotatable bonds is 3. The van der Waals surface area contributed by atoms with Crippen LogP contribution in [-0.4, -0.2) is 15.9 Å². The summed E-state index contributed by atoms with van der Waals surface area (Å²) in [5, 5.41) is 3.79. The van der Waals surface area contributed by atoms with E-state index in [1.165, 1.54) is 0 Å². The van der Waals surface area contributed by atoms with E-state index in [4.69, 9.17) is 5.73 Å². The Kier molecular flexibility index (Phi) is 3.41. The SMILES string of the molecule is C[C@H](N)c1ccc(C(=O)Nc2ccnc3[nH]ccc23)cc1. The summed E-state index contributed by atoms with van der Waals surface area (Å²) in [7, 11) is 0. The van der Waals surface area contributed by atoms with E-state index in [9.17, 15) is 4.79 Å². The Bertz CT molecular complexity index is 774. The Morgan fingerprint density at radius 1 is 1.24 bits per heavy atom. The zero-order chi connectivity index (χ0) is 14.8. The van der Waals surface area contributed by atoms with Crippen LogP contribution >= 0.6 is 0 Å². The number of carbonyl (C=O) groups excluding carboxylic acids is 1. The van der Waals surface area contributed by atoms with Crippen LogP contribution in [0.25, 0.3) is 11.0 Å². The van der Waals surface area contributed by atoms with Gasteiger partial charge in [-0.2, -0.15) is 0 Å². The number of fused-ring (bicyclic) bond motifs is 1. The normalized spacial score (nSPS) is 12.3. The first kappa shape index (κ1) is 13.3. The van der Waals surface area contributed by atoms with E-state index in [1.807, 2.05) is 25.1 Å². The molecule has 5 heteroatoms. The number of anilines is 1. The number of aromatic nitrogens is 2. The molecule has 0 fully saturated rings. The van der Waals surface area contributed by atoms with Gasteiger partial charge in [0.2, 0.25) is 0 Å². The van der Waals surface area contributed by atoms with Crippen LogP contribution in [0.5, 0.6) is 0 Å². The number of hydrogen-bond donors (Lipinski definition) is 3. The second-order valence-corrected chi connectivity index (χ2v) is 4.96. The molecular weight excluding hydrogens is 264 g/mol. The third-order valence-corrected chi connectivity index (χ3v) is 3.41. The number of nitrogens with one attached hydrogen (secondary N) is 2. The quantitative estimate of drug-likeness (QED) is 0.689. The Balaban J connectivity index is 1.84. The molecule has 0 saturated carbocycles. The molecule has 3 rings (SSSR count). The van der Waals surface area contributed by atoms with Gasteiger partial charge in [-0.25, -0.2) is 4.98 Å². The molecule has 4 N–H and O–H groups in total. The zero-order valence-electron chi connectivity index (χ0n) is 11.6. The van der Waals surface area contributed by atoms with Gasteiger partial charge < -0.3 is 16.0 Å². The number of nitrogens with two attached hydrogens (primary N) is 1. The van der Waals surface area contributed by atoms with Crippen molar-refractivity contribution in [3.8, 4) is 0 Å². The number of pyridine rings is 1. The predicted molar refractivity (Wildman–Crippen MR) is 83.1 cm³/mol. The van der Waals surface area contributed by atoms with Crippen molar-refractivity contribution in [2.24, 2.45) is 5.73 Å². The smallest absolute Gasteiger partial charge is 0.255 e. The second-order valence-electron chi connectivity index (χ2n) is 4.96. The highest BCUT2D eigenvalue weighted by Crippen LogP contribution is 2.21. The molecule has 0 aliphatic heterocycles. The van der Waals surface area contributed by atoms with E-state index in [-0.39, 0.29) is 11.9 Å². The lowest BCUT2D eigenvalue weighted by molar-refractivity contribution is 0.102. The molecule has 2 aromatic heterocycles. The van der Waals surface area contributed by atoms with E-state index in [2.05, 4.69) is 15.3 Å². The molecule has 0 radical (unpaired) electrons. The van der Waals surface area contributed by atoms with Crippen LogP contribution in [0, 0.1) is 0 Å². The van der Waals surface area contributed by atoms with Gasteiger partial charge in [0, 0.05) is 29.4 Å². The fourth-order valence-electron chi connectivity index (χ4n) is 2.20. The number of carbonyl (C=O) groups is 1. The standard InChI is InChI=1S/C16H16N4O/c1-10(17)11-2-4-12(5-3-11)16(21)20-14-7-9-19-15-13(14)6-8-18-15/h2-10H,17H2,1H3,(H2,18,19,20,21)/t10-/m0/s1. The number of hydrogen-bond acceptors (Lipinski definition) is 3. The molecule has 5 nitrogen and oxygen atoms in total. The van der Waals surface area contributed by atoms with Crippen molar-refractivity contribution in [3.63, 3.8) is 0 Å². The first-order valence-corrected chi connectivity index (χ1v) is 6.74. The second kappa shape index (κ2) is 5.38. The molecule has 2 heterocycles. The number of amides is 1. The van der Waals surface area contributed by atoms with Gasteiger partial charge in [-0.15, -0.1) is 0 Å². The third kappa shape index (κ3) is 2.64. The summed E-state index contributed by atoms with van der Waals surface area (Å²) < 4.78 is 0. The van der Waals surface area contributed by atoms with Gasteiger partial charge in [0.25, 0.3) is 5.91 Å². The van der Waals surface area contributed by atoms with Crippen molar-refractivity contribution in [3.05, 3.63) is 59.9 Å². The average molecular weight is 280 g/mol. The van der Waals surface area contributed by atoms with Crippen LogP contribution < -0.4 is 11.1 Å². The molecule has 0 aliphatic rings. The lowest BCUT2D eigenvalue weighted by Gasteiger charge is -2.08. The fourth-order valence-corrected chi connectivity index (χ4v) is 2.20. The van der Waals surface area contributed by atoms with Gasteiger partial charge in [0.05, 0.1) is 5.69 Å². The molecule has 0 saturated heterocycles. The first-order valence-electron chi connectivity index (χ1n) is 6.74. The van der Waals surface area contributed by atoms with E-state index < -0.39 is 0 Å². The van der Waals surface area contributed by atoms with Crippen LogP contribution in [0.2, 0.25) is 0 Å². The Labute approximate surface area is 122 Å². The molecule has 0 unspecified atom stereocenters. The van der Waals surface area contributed by atoms with Crippen molar-refractivity contribution < 1.29 is 4.79 Å². The third-order valence-electron chi connectivity index (χ3n) is 3.41. The summed E-state index contributed by atoms with van der Waals surface area (Å²) in [6.45, 7) is 1.91. The highest BCUT2D eigenvalue weighted by molar-refractivity contribution is 6.08. The van der Waals surface area contributed by atoms with Gasteiger partial charge in [-0.05, 0) is 36.8 Å². The minimum absolute atomic E-state index is 0.0400. The summed E-state index contributed by atoms with van der Waals surface area (Å²) in [4.78, 5) is 19.5. The minimum Gasteiger partial charge on any atom is -0.346 e. The highest BCUT2D eigenvalue weighted by Gasteiger charge is 2.09. The molecule has 106 valence electrons. The van der Waals surface area contributed by atoms with Crippen molar-refractivity contribution in [1.82, 2.24) is 9.97 Å². The first-order chi connectivity index (χ1) is 10.1. The van der Waals surface area contributed by atoms with Gasteiger partial charge in [0.15, 0.2) is 0 Å². The lowest BCUT2D eigenvalue weighted by atomic mass is 10.1. The highest BCUT2D eigenvalue weighted by atomic mass is 16.1. The van der Waals surface area contributed by atoms with Gasteiger partial charge >= 0.3 is 0 Å². The van der Waals surface area contributed by atoms with E-state index in [1.54, 1.807) is 30.6 Å². The molecule has 0 bridgehead atoms. The van der Waals surface area contributed by atoms with E-state index >= 15 is 0 Å². The Morgan fingerprint density at radius 3 is 2.71 bits per heavy atom. The predicted octanol–water partition coefficient (Wildman–Crippen LogP) is 2.83. The number of nitrogens with zero attached hydrogens (tertiary/aromatic N) is 1. The molecule has 0 spiro atoms. The maximum Gasteiger partial charge on any atom is 0.255 e. The summed E-state index contributed by atoms with van der Waals surface area (Å²) in [6, 6.07) is 10.9. The Hall–Kier alpha value is -2.66. The molecule has 1 atom stereocenters. The maximum absolute atomic E-state index is 12.3. The maximum atomic E-state index is 12.3. The summed E-state index contributed by atoms with van der Waals surface area (Å²) in [5.74, 6) is -0.153. The van der Waals surface area contributed by atoms with Crippen molar-refractivity contribution in [2.45, 2.75) is 13.0 Å². The van der Waals surface area contributed by atoms with Gasteiger partial charge in [-0.1, -0.05) is 12.1 Å². The van der Waals surface area contributed by atoms with Crippen LogP contribution in [0.15, 0.2) is 48.8 Å². The van der Waals surface area contributed by atoms with Gasteiger partial charge in [-0.3, -0.25) is 4.79 Å². The van der Waals surface area contributed by atoms with Crippen molar-refractivity contribution in [2.75, 3.05) is 5.32 Å². The number of benzene rings is 1. The van der Waals surface area contributed by atoms with Crippen LogP contribution in [0.3, 0.4) is 0 Å². The minimum atomic E-state index is -0.153. The van der Waals surface area contributed by atoms with E-state index in [0.29, 0.717) is 5.56 Å². The monoisotopic (exact) mass is 280 g/mol. The van der Waals surface area contributed by atoms with Gasteiger partial charge in [0.1, 0.15) is 5.65 Å². The van der Waals surface area contributed by atoms with Crippen molar-refractivity contribution in [1.29, 1.82) is 0 Å². The Morgan fingerprint density at radius 2 is 2.00 bits per heavy atom. The van der Waals surface area contributed by atoms with Crippen LogP contribution in [0.1, 0.15) is 28.9 Å². The molecular formula is C16H16N4O.